The minimum absolute atomic E-state index is 0.243. The summed E-state index contributed by atoms with van der Waals surface area (Å²) in [5.41, 5.74) is 0.243. The van der Waals surface area contributed by atoms with Crippen molar-refractivity contribution in [1.29, 1.82) is 0 Å². The third-order valence-electron chi connectivity index (χ3n) is 3.91. The van der Waals surface area contributed by atoms with Crippen molar-refractivity contribution < 1.29 is 4.74 Å². The van der Waals surface area contributed by atoms with Crippen molar-refractivity contribution in [1.82, 2.24) is 15.4 Å². The van der Waals surface area contributed by atoms with Gasteiger partial charge in [0.25, 0.3) is 0 Å². The topological polar surface area (TPSA) is 50.8 Å². The van der Waals surface area contributed by atoms with Crippen molar-refractivity contribution in [2.45, 2.75) is 61.7 Å². The van der Waals surface area contributed by atoms with E-state index in [1.165, 1.54) is 44.9 Å². The maximum atomic E-state index is 6.31. The maximum Gasteiger partial charge on any atom is 0.138 e. The Kier molecular flexibility index (Phi) is 3.38. The first-order valence-corrected chi connectivity index (χ1v) is 7.51. The minimum atomic E-state index is 0.243. The Labute approximate surface area is 106 Å². The van der Waals surface area contributed by atoms with E-state index in [9.17, 15) is 0 Å². The lowest BCUT2D eigenvalue weighted by atomic mass is 9.83. The highest BCUT2D eigenvalue weighted by Gasteiger charge is 2.40. The molecule has 94 valence electrons. The lowest BCUT2D eigenvalue weighted by Crippen LogP contribution is -2.32. The van der Waals surface area contributed by atoms with E-state index >= 15 is 0 Å². The smallest absolute Gasteiger partial charge is 0.138 e. The summed E-state index contributed by atoms with van der Waals surface area (Å²) in [6, 6.07) is 0. The van der Waals surface area contributed by atoms with Gasteiger partial charge < -0.3 is 4.74 Å². The molecule has 17 heavy (non-hydrogen) atoms. The van der Waals surface area contributed by atoms with Crippen LogP contribution < -0.4 is 0 Å². The van der Waals surface area contributed by atoms with Crippen molar-refractivity contribution in [3.8, 4) is 0 Å². The second-order valence-electron chi connectivity index (χ2n) is 5.14. The van der Waals surface area contributed by atoms with Crippen LogP contribution >= 0.6 is 11.8 Å². The number of H-pyrrole nitrogens is 1. The molecule has 5 heteroatoms. The first-order valence-electron chi connectivity index (χ1n) is 6.53. The molecule has 4 nitrogen and oxygen atoms in total. The first kappa shape index (κ1) is 11.5. The zero-order valence-corrected chi connectivity index (χ0v) is 10.8. The van der Waals surface area contributed by atoms with Crippen molar-refractivity contribution in [3.05, 3.63) is 6.20 Å². The predicted octanol–water partition coefficient (Wildman–Crippen LogP) is 2.78. The fourth-order valence-corrected chi connectivity index (χ4v) is 3.84. The lowest BCUT2D eigenvalue weighted by Gasteiger charge is -2.33. The van der Waals surface area contributed by atoms with Crippen LogP contribution in [0.25, 0.3) is 0 Å². The standard InChI is InChI=1S/C12H19N3OS/c1-2-5-12(6-3-1)7-4-10(16-12)9-17-11-8-13-15-14-11/h8,10H,1-7,9H2,(H,13,14,15). The summed E-state index contributed by atoms with van der Waals surface area (Å²) in [5, 5.41) is 11.5. The summed E-state index contributed by atoms with van der Waals surface area (Å²) >= 11 is 1.74. The van der Waals surface area contributed by atoms with E-state index in [1.54, 1.807) is 18.0 Å². The van der Waals surface area contributed by atoms with E-state index < -0.39 is 0 Å². The van der Waals surface area contributed by atoms with Gasteiger partial charge in [0.05, 0.1) is 17.9 Å². The van der Waals surface area contributed by atoms with Crippen LogP contribution in [0.4, 0.5) is 0 Å². The van der Waals surface area contributed by atoms with Gasteiger partial charge in [-0.25, -0.2) is 0 Å². The van der Waals surface area contributed by atoms with Crippen LogP contribution in [0.15, 0.2) is 11.2 Å². The van der Waals surface area contributed by atoms with Gasteiger partial charge in [0.2, 0.25) is 0 Å². The summed E-state index contributed by atoms with van der Waals surface area (Å²) in [4.78, 5) is 0. The average Bonchev–Trinajstić information content (AvgIpc) is 2.98. The fraction of sp³-hybridized carbons (Fsp3) is 0.833. The normalized spacial score (nSPS) is 27.6. The Bertz CT molecular complexity index is 349. The number of aromatic nitrogens is 3. The van der Waals surface area contributed by atoms with Gasteiger partial charge in [-0.05, 0) is 25.7 Å². The average molecular weight is 253 g/mol. The highest BCUT2D eigenvalue weighted by Crippen LogP contribution is 2.42. The first-order chi connectivity index (χ1) is 8.36. The van der Waals surface area contributed by atoms with E-state index in [1.807, 2.05) is 0 Å². The number of thioether (sulfide) groups is 1. The maximum absolute atomic E-state index is 6.31. The van der Waals surface area contributed by atoms with Gasteiger partial charge >= 0.3 is 0 Å². The SMILES string of the molecule is c1n[nH]nc1SCC1CCC2(CCCCC2)O1. The van der Waals surface area contributed by atoms with Crippen LogP contribution in [-0.2, 0) is 4.74 Å². The molecule has 0 bridgehead atoms. The highest BCUT2D eigenvalue weighted by atomic mass is 32.2. The molecule has 1 aliphatic carbocycles. The van der Waals surface area contributed by atoms with Crippen molar-refractivity contribution in [2.75, 3.05) is 5.75 Å². The molecule has 1 spiro atoms. The molecule has 1 saturated heterocycles. The largest absolute Gasteiger partial charge is 0.371 e. The Morgan fingerprint density at radius 1 is 1.35 bits per heavy atom. The number of rotatable bonds is 3. The predicted molar refractivity (Wildman–Crippen MR) is 67.0 cm³/mol. The molecule has 3 rings (SSSR count). The van der Waals surface area contributed by atoms with Gasteiger partial charge in [-0.15, -0.1) is 16.9 Å². The van der Waals surface area contributed by atoms with E-state index in [4.69, 9.17) is 4.74 Å². The summed E-state index contributed by atoms with van der Waals surface area (Å²) < 4.78 is 6.31. The van der Waals surface area contributed by atoms with Gasteiger partial charge in [-0.2, -0.15) is 10.3 Å². The van der Waals surface area contributed by atoms with Crippen LogP contribution in [-0.4, -0.2) is 32.9 Å². The number of nitrogens with zero attached hydrogens (tertiary/aromatic N) is 2. The highest BCUT2D eigenvalue weighted by molar-refractivity contribution is 7.99. The zero-order chi connectivity index (χ0) is 11.6. The van der Waals surface area contributed by atoms with Gasteiger partial charge in [-0.1, -0.05) is 19.3 Å². The summed E-state index contributed by atoms with van der Waals surface area (Å²) in [6.07, 6.45) is 11.3. The molecule has 1 unspecified atom stereocenters. The molecular formula is C12H19N3OS. The fourth-order valence-electron chi connectivity index (χ4n) is 3.02. The van der Waals surface area contributed by atoms with Crippen molar-refractivity contribution in [2.24, 2.45) is 0 Å². The Morgan fingerprint density at radius 2 is 2.24 bits per heavy atom. The van der Waals surface area contributed by atoms with E-state index in [-0.39, 0.29) is 5.60 Å². The second kappa shape index (κ2) is 4.98. The van der Waals surface area contributed by atoms with Crippen LogP contribution in [0.1, 0.15) is 44.9 Å². The monoisotopic (exact) mass is 253 g/mol. The Hall–Kier alpha value is -0.550. The Balaban J connectivity index is 1.50. The van der Waals surface area contributed by atoms with Gasteiger partial charge in [-0.3, -0.25) is 0 Å². The molecule has 1 aromatic rings. The summed E-state index contributed by atoms with van der Waals surface area (Å²) in [7, 11) is 0. The number of hydrogen-bond donors (Lipinski definition) is 1. The molecule has 2 heterocycles. The quantitative estimate of drug-likeness (QED) is 0.842. The summed E-state index contributed by atoms with van der Waals surface area (Å²) in [5.74, 6) is 1.01. The molecule has 1 N–H and O–H groups in total. The van der Waals surface area contributed by atoms with E-state index in [0.717, 1.165) is 10.8 Å². The van der Waals surface area contributed by atoms with Crippen molar-refractivity contribution >= 4 is 11.8 Å². The van der Waals surface area contributed by atoms with Crippen molar-refractivity contribution in [3.63, 3.8) is 0 Å². The van der Waals surface area contributed by atoms with Gasteiger partial charge in [0.15, 0.2) is 0 Å². The number of aromatic amines is 1. The second-order valence-corrected chi connectivity index (χ2v) is 6.18. The molecule has 1 aromatic heterocycles. The van der Waals surface area contributed by atoms with Crippen LogP contribution in [0, 0.1) is 0 Å². The zero-order valence-electron chi connectivity index (χ0n) is 10.0. The number of nitrogens with one attached hydrogen (secondary N) is 1. The molecule has 1 atom stereocenters. The molecule has 2 aliphatic rings. The number of ether oxygens (including phenoxy) is 1. The lowest BCUT2D eigenvalue weighted by molar-refractivity contribution is -0.0555. The molecule has 0 amide bonds. The molecular weight excluding hydrogens is 234 g/mol. The minimum Gasteiger partial charge on any atom is -0.371 e. The van der Waals surface area contributed by atoms with E-state index in [0.29, 0.717) is 6.10 Å². The van der Waals surface area contributed by atoms with E-state index in [2.05, 4.69) is 15.4 Å². The molecule has 0 aromatic carbocycles. The molecule has 1 aliphatic heterocycles. The number of hydrogen-bond acceptors (Lipinski definition) is 4. The molecule has 1 saturated carbocycles. The van der Waals surface area contributed by atoms with Crippen LogP contribution in [0.5, 0.6) is 0 Å². The Morgan fingerprint density at radius 3 is 3.00 bits per heavy atom. The third kappa shape index (κ3) is 2.65. The van der Waals surface area contributed by atoms with Gasteiger partial charge in [0, 0.05) is 5.75 Å². The molecule has 2 fully saturated rings. The van der Waals surface area contributed by atoms with Crippen LogP contribution in [0.2, 0.25) is 0 Å². The third-order valence-corrected chi connectivity index (χ3v) is 4.94. The summed E-state index contributed by atoms with van der Waals surface area (Å²) in [6.45, 7) is 0. The van der Waals surface area contributed by atoms with Gasteiger partial charge in [0.1, 0.15) is 5.03 Å². The molecule has 0 radical (unpaired) electrons. The van der Waals surface area contributed by atoms with Crippen LogP contribution in [0.3, 0.4) is 0 Å².